The molecule has 0 fully saturated rings. The van der Waals surface area contributed by atoms with Crippen LogP contribution in [-0.2, 0) is 12.8 Å². The predicted octanol–water partition coefficient (Wildman–Crippen LogP) is 9.85. The van der Waals surface area contributed by atoms with Crippen LogP contribution >= 0.6 is 52.7 Å². The Morgan fingerprint density at radius 2 is 1.05 bits per heavy atom. The molecule has 2 aliphatic rings. The fraction of sp³-hybridized carbons (Fsp3) is 0.139. The van der Waals surface area contributed by atoms with Gasteiger partial charge in [0.25, 0.3) is 0 Å². The van der Waals surface area contributed by atoms with Crippen LogP contribution in [0.2, 0.25) is 0 Å². The second-order valence-electron chi connectivity index (χ2n) is 10.7. The maximum absolute atomic E-state index is 11.2. The Morgan fingerprint density at radius 3 is 1.59 bits per heavy atom. The summed E-state index contributed by atoms with van der Waals surface area (Å²) in [5, 5.41) is 1.17. The van der Waals surface area contributed by atoms with Crippen LogP contribution in [0.5, 0.6) is 0 Å². The van der Waals surface area contributed by atoms with Gasteiger partial charge in [0.15, 0.2) is 5.78 Å². The van der Waals surface area contributed by atoms with Gasteiger partial charge in [0.05, 0.1) is 0 Å². The fourth-order valence-electron chi connectivity index (χ4n) is 6.61. The molecule has 0 bridgehead atoms. The Morgan fingerprint density at radius 1 is 0.561 bits per heavy atom. The van der Waals surface area contributed by atoms with E-state index in [-0.39, 0.29) is 5.78 Å². The molecular formula is C36H30Br3OP. The molecule has 0 radical (unpaired) electrons. The Bertz CT molecular complexity index is 1600. The molecular weight excluding hydrogens is 719 g/mol. The van der Waals surface area contributed by atoms with Gasteiger partial charge in [-0.25, -0.2) is 0 Å². The minimum atomic E-state index is -3.00. The monoisotopic (exact) mass is 746 g/mol. The molecule has 0 saturated heterocycles. The Hall–Kier alpha value is -2.36. The Balaban J connectivity index is 0.000000229. The molecule has 41 heavy (non-hydrogen) atoms. The number of fused-ring (bicyclic) bond motifs is 2. The predicted molar refractivity (Wildman–Crippen MR) is 186 cm³/mol. The third-order valence-electron chi connectivity index (χ3n) is 8.52. The molecule has 1 nitrogen and oxygen atoms in total. The summed E-state index contributed by atoms with van der Waals surface area (Å²) in [6, 6.07) is 46.1. The number of aryl methyl sites for hydroxylation is 2. The van der Waals surface area contributed by atoms with Crippen molar-refractivity contribution in [2.75, 3.05) is 0 Å². The zero-order valence-electron chi connectivity index (χ0n) is 22.5. The zero-order chi connectivity index (χ0) is 28.5. The molecule has 2 aliphatic carbocycles. The first-order chi connectivity index (χ1) is 19.9. The number of rotatable bonds is 4. The van der Waals surface area contributed by atoms with Gasteiger partial charge in [-0.15, -0.1) is 0 Å². The summed E-state index contributed by atoms with van der Waals surface area (Å²) in [5.74, 6) is 0.279. The summed E-state index contributed by atoms with van der Waals surface area (Å²) in [6.07, 6.45) is 3.85. The van der Waals surface area contributed by atoms with Crippen molar-refractivity contribution in [1.29, 1.82) is 0 Å². The van der Waals surface area contributed by atoms with Gasteiger partial charge < -0.3 is 0 Å². The van der Waals surface area contributed by atoms with E-state index in [2.05, 4.69) is 157 Å². The molecule has 1 atom stereocenters. The van der Waals surface area contributed by atoms with Crippen molar-refractivity contribution in [2.24, 2.45) is 0 Å². The number of Topliss-reactive ketones (excluding diaryl/α,β-unsaturated/α-hetero) is 1. The van der Waals surface area contributed by atoms with E-state index in [1.165, 1.54) is 32.6 Å². The van der Waals surface area contributed by atoms with E-state index in [4.69, 9.17) is 0 Å². The molecule has 0 amide bonds. The molecule has 0 heterocycles. The molecule has 0 spiro atoms. The number of carbonyl (C=O) groups is 1. The second kappa shape index (κ2) is 11.7. The van der Waals surface area contributed by atoms with E-state index in [0.717, 1.165) is 33.8 Å². The third kappa shape index (κ3) is 5.01. The van der Waals surface area contributed by atoms with Crippen LogP contribution in [0.3, 0.4) is 0 Å². The van der Waals surface area contributed by atoms with Crippen molar-refractivity contribution >= 4 is 74.4 Å². The molecule has 0 aliphatic heterocycles. The van der Waals surface area contributed by atoms with Crippen molar-refractivity contribution in [2.45, 2.75) is 31.3 Å². The number of benzene rings is 5. The van der Waals surface area contributed by atoms with Gasteiger partial charge in [0.2, 0.25) is 0 Å². The van der Waals surface area contributed by atoms with Crippen molar-refractivity contribution < 1.29 is 4.79 Å². The number of halogens is 3. The average Bonchev–Trinajstić information content (AvgIpc) is 3.62. The van der Waals surface area contributed by atoms with Gasteiger partial charge in [0.1, 0.15) is 0 Å². The van der Waals surface area contributed by atoms with Crippen LogP contribution < -0.4 is 15.9 Å². The summed E-state index contributed by atoms with van der Waals surface area (Å²) in [7, 11) is 0. The summed E-state index contributed by atoms with van der Waals surface area (Å²) in [5.41, 5.74) is 5.41. The first-order valence-electron chi connectivity index (χ1n) is 13.9. The van der Waals surface area contributed by atoms with Crippen LogP contribution in [0.1, 0.15) is 45.5 Å². The van der Waals surface area contributed by atoms with Gasteiger partial charge >= 0.3 is 196 Å². The molecule has 0 aromatic heterocycles. The van der Waals surface area contributed by atoms with Crippen LogP contribution in [-0.4, -0.2) is 5.78 Å². The number of hydrogen-bond donors (Lipinski definition) is 0. The maximum Gasteiger partial charge on any atom is 0.163 e. The van der Waals surface area contributed by atoms with Crippen LogP contribution in [0.4, 0.5) is 0 Å². The smallest absolute Gasteiger partial charge is 0.163 e. The Labute approximate surface area is 267 Å². The average molecular weight is 749 g/mol. The SMILES string of the molecule is Brc1ccc2c(c1)C(P(Br)(c1ccccc1)(c1ccccc1)c1ccccc1)CC2.O=C1CCc2ccc(Br)cc21. The summed E-state index contributed by atoms with van der Waals surface area (Å²) in [4.78, 5) is 11.2. The number of carbonyl (C=O) groups excluding carboxylic acids is 1. The molecule has 5 aromatic rings. The van der Waals surface area contributed by atoms with Gasteiger partial charge in [0, 0.05) is 16.5 Å². The van der Waals surface area contributed by atoms with E-state index in [1.54, 1.807) is 0 Å². The van der Waals surface area contributed by atoms with Gasteiger partial charge in [-0.05, 0) is 24.1 Å². The third-order valence-corrected chi connectivity index (χ3v) is 20.3. The van der Waals surface area contributed by atoms with Gasteiger partial charge in [-0.3, -0.25) is 4.79 Å². The molecule has 0 N–H and O–H groups in total. The first kappa shape index (κ1) is 28.7. The van der Waals surface area contributed by atoms with E-state index in [0.29, 0.717) is 12.1 Å². The molecule has 5 heteroatoms. The zero-order valence-corrected chi connectivity index (χ0v) is 28.2. The van der Waals surface area contributed by atoms with Crippen LogP contribution in [0.15, 0.2) is 136 Å². The number of hydrogen-bond acceptors (Lipinski definition) is 1. The second-order valence-corrected chi connectivity index (χ2v) is 21.3. The van der Waals surface area contributed by atoms with Crippen LogP contribution in [0.25, 0.3) is 0 Å². The first-order valence-corrected chi connectivity index (χ1v) is 19.8. The summed E-state index contributed by atoms with van der Waals surface area (Å²) < 4.78 is 2.14. The van der Waals surface area contributed by atoms with Crippen molar-refractivity contribution in [3.63, 3.8) is 0 Å². The minimum Gasteiger partial charge on any atom is -0.294 e. The van der Waals surface area contributed by atoms with E-state index in [9.17, 15) is 4.79 Å². The molecule has 1 unspecified atom stereocenters. The molecule has 0 saturated carbocycles. The summed E-state index contributed by atoms with van der Waals surface area (Å²) >= 11 is 11.7. The molecule has 7 rings (SSSR count). The van der Waals surface area contributed by atoms with Crippen LogP contribution in [0, 0.1) is 0 Å². The molecule has 206 valence electrons. The van der Waals surface area contributed by atoms with Crippen molar-refractivity contribution in [3.8, 4) is 0 Å². The van der Waals surface area contributed by atoms with Crippen molar-refractivity contribution in [3.05, 3.63) is 159 Å². The Kier molecular flexibility index (Phi) is 8.22. The number of ketones is 1. The van der Waals surface area contributed by atoms with E-state index in [1.807, 2.05) is 18.2 Å². The largest absolute Gasteiger partial charge is 0.294 e. The maximum atomic E-state index is 11.2. The van der Waals surface area contributed by atoms with Gasteiger partial charge in [-0.1, -0.05) is 22.0 Å². The minimum absolute atomic E-state index is 0.279. The molecule has 5 aromatic carbocycles. The van der Waals surface area contributed by atoms with E-state index >= 15 is 0 Å². The topological polar surface area (TPSA) is 17.1 Å². The normalized spacial score (nSPS) is 16.6. The quantitative estimate of drug-likeness (QED) is 0.167. The fourth-order valence-corrected chi connectivity index (χ4v) is 16.4. The summed E-state index contributed by atoms with van der Waals surface area (Å²) in [6.45, 7) is 0. The van der Waals surface area contributed by atoms with Gasteiger partial charge in [-0.2, -0.15) is 0 Å². The van der Waals surface area contributed by atoms with Crippen molar-refractivity contribution in [1.82, 2.24) is 0 Å². The standard InChI is InChI=1S/C27H23Br2P.C9H7BrO/c28-22-18-16-21-17-19-27(26(21)20-22)30(29,23-10-4-1-5-11-23,24-12-6-2-7-13-24)25-14-8-3-9-15-25;10-7-3-1-6-2-4-9(11)8(6)5-7/h1-16,18,20,27H,17,19H2;1,3,5H,2,4H2. The van der Waals surface area contributed by atoms with E-state index < -0.39 is 5.31 Å².